The largest absolute Gasteiger partial charge is 0.462 e. The second-order valence-corrected chi connectivity index (χ2v) is 7.88. The van der Waals surface area contributed by atoms with Crippen molar-refractivity contribution in [3.8, 4) is 0 Å². The second-order valence-electron chi connectivity index (χ2n) is 4.85. The zero-order valence-electron chi connectivity index (χ0n) is 13.1. The van der Waals surface area contributed by atoms with E-state index in [0.29, 0.717) is 5.75 Å². The Labute approximate surface area is 162 Å². The molecule has 140 valence electrons. The van der Waals surface area contributed by atoms with Gasteiger partial charge in [0.2, 0.25) is 0 Å². The maximum Gasteiger partial charge on any atom is 0.331 e. The highest BCUT2D eigenvalue weighted by molar-refractivity contribution is 8.01. The van der Waals surface area contributed by atoms with Gasteiger partial charge < -0.3 is 19.3 Å². The molecule has 0 amide bonds. The number of carbonyl (C=O) groups is 3. The molecule has 0 aliphatic heterocycles. The van der Waals surface area contributed by atoms with E-state index in [0.717, 1.165) is 0 Å². The van der Waals surface area contributed by atoms with Crippen LogP contribution in [-0.4, -0.2) is 64.0 Å². The first-order valence-corrected chi connectivity index (χ1v) is 9.14. The molecule has 1 N–H and O–H groups in total. The summed E-state index contributed by atoms with van der Waals surface area (Å²) in [7, 11) is 0. The van der Waals surface area contributed by atoms with E-state index in [4.69, 9.17) is 14.2 Å². The number of hydrogen-bond acceptors (Lipinski definition) is 11. The van der Waals surface area contributed by atoms with E-state index >= 15 is 0 Å². The van der Waals surface area contributed by atoms with Crippen LogP contribution in [0, 0.1) is 0 Å². The maximum atomic E-state index is 11.6. The predicted octanol–water partition coefficient (Wildman–Crippen LogP) is 0.561. The van der Waals surface area contributed by atoms with Crippen molar-refractivity contribution in [1.82, 2.24) is 0 Å². The molecule has 2 atom stereocenters. The van der Waals surface area contributed by atoms with E-state index in [1.54, 1.807) is 0 Å². The van der Waals surface area contributed by atoms with Crippen molar-refractivity contribution in [3.63, 3.8) is 0 Å². The number of carbonyl (C=O) groups excluding carboxylic acids is 3. The summed E-state index contributed by atoms with van der Waals surface area (Å²) < 4.78 is 13.4. The van der Waals surface area contributed by atoms with Gasteiger partial charge in [0.25, 0.3) is 0 Å². The molecule has 2 unspecified atom stereocenters. The van der Waals surface area contributed by atoms with Crippen LogP contribution in [0.25, 0.3) is 0 Å². The van der Waals surface area contributed by atoms with Gasteiger partial charge in [-0.25, -0.2) is 4.79 Å². The molecule has 24 heavy (non-hydrogen) atoms. The van der Waals surface area contributed by atoms with Crippen molar-refractivity contribution < 1.29 is 33.7 Å². The summed E-state index contributed by atoms with van der Waals surface area (Å²) in [6.07, 6.45) is -2.48. The summed E-state index contributed by atoms with van der Waals surface area (Å²) in [5.74, 6) is -1.40. The standard InChI is InChI=1S/C13H22O7S4/c1-13(23,24)12(17)19-6-8(14)9(20-11(16)3-5-22)7-18-10(15)2-4-21/h8-9,14,21-24H,2-7H2,1H3. The van der Waals surface area contributed by atoms with Gasteiger partial charge in [-0.05, 0) is 6.92 Å². The molecule has 0 bridgehead atoms. The van der Waals surface area contributed by atoms with Crippen LogP contribution >= 0.6 is 50.5 Å². The predicted molar refractivity (Wildman–Crippen MR) is 101 cm³/mol. The Kier molecular flexibility index (Phi) is 12.1. The third-order valence-corrected chi connectivity index (χ3v) is 3.34. The molecule has 0 aliphatic carbocycles. The third kappa shape index (κ3) is 10.6. The van der Waals surface area contributed by atoms with Gasteiger partial charge in [-0.15, -0.1) is 0 Å². The molecule has 0 rings (SSSR count). The summed E-state index contributed by atoms with van der Waals surface area (Å²) in [5.41, 5.74) is 0. The molecule has 0 spiro atoms. The molecular formula is C13H22O7S4. The lowest BCUT2D eigenvalue weighted by atomic mass is 10.2. The fraction of sp³-hybridized carbons (Fsp3) is 0.769. The zero-order chi connectivity index (χ0) is 18.8. The monoisotopic (exact) mass is 418 g/mol. The Morgan fingerprint density at radius 1 is 1.00 bits per heavy atom. The van der Waals surface area contributed by atoms with Crippen LogP contribution in [0.15, 0.2) is 0 Å². The van der Waals surface area contributed by atoms with Crippen molar-refractivity contribution in [2.75, 3.05) is 24.7 Å². The fourth-order valence-electron chi connectivity index (χ4n) is 1.29. The summed E-state index contributed by atoms with van der Waals surface area (Å²) >= 11 is 15.6. The van der Waals surface area contributed by atoms with E-state index in [1.165, 1.54) is 6.92 Å². The average molecular weight is 419 g/mol. The van der Waals surface area contributed by atoms with Crippen LogP contribution in [0.2, 0.25) is 0 Å². The topological polar surface area (TPSA) is 99.1 Å². The van der Waals surface area contributed by atoms with Gasteiger partial charge in [0.05, 0.1) is 12.8 Å². The Bertz CT molecular complexity index is 425. The Hall–Kier alpha value is -0.230. The molecule has 0 aliphatic rings. The van der Waals surface area contributed by atoms with Gasteiger partial charge in [0.15, 0.2) is 10.2 Å². The summed E-state index contributed by atoms with van der Waals surface area (Å²) in [6.45, 7) is 0.554. The lowest BCUT2D eigenvalue weighted by Crippen LogP contribution is -2.40. The molecule has 0 aromatic rings. The number of aliphatic hydroxyl groups excluding tert-OH is 1. The molecule has 0 saturated carbocycles. The SMILES string of the molecule is CC(S)(S)C(=O)OCC(O)C(COC(=O)CCS)OC(=O)CCS. The average Bonchev–Trinajstić information content (AvgIpc) is 2.48. The minimum atomic E-state index is -1.38. The second kappa shape index (κ2) is 12.2. The molecule has 11 heteroatoms. The number of aliphatic hydroxyl groups is 1. The van der Waals surface area contributed by atoms with Gasteiger partial charge in [0, 0.05) is 11.5 Å². The zero-order valence-corrected chi connectivity index (χ0v) is 16.7. The van der Waals surface area contributed by atoms with Gasteiger partial charge in [-0.2, -0.15) is 50.5 Å². The van der Waals surface area contributed by atoms with Crippen LogP contribution in [0.3, 0.4) is 0 Å². The van der Waals surface area contributed by atoms with Gasteiger partial charge in [-0.1, -0.05) is 0 Å². The third-order valence-electron chi connectivity index (χ3n) is 2.52. The molecule has 0 radical (unpaired) electrons. The first-order valence-electron chi connectivity index (χ1n) is 6.98. The first kappa shape index (κ1) is 23.8. The van der Waals surface area contributed by atoms with Crippen molar-refractivity contribution in [1.29, 1.82) is 0 Å². The lowest BCUT2D eigenvalue weighted by Gasteiger charge is -2.24. The summed E-state index contributed by atoms with van der Waals surface area (Å²) in [4.78, 5) is 34.5. The maximum absolute atomic E-state index is 11.6. The van der Waals surface area contributed by atoms with Crippen LogP contribution in [-0.2, 0) is 28.6 Å². The van der Waals surface area contributed by atoms with Crippen LogP contribution in [0.4, 0.5) is 0 Å². The van der Waals surface area contributed by atoms with E-state index < -0.39 is 40.8 Å². The van der Waals surface area contributed by atoms with Crippen molar-refractivity contribution in [3.05, 3.63) is 0 Å². The number of thiol groups is 4. The quantitative estimate of drug-likeness (QED) is 0.145. The number of rotatable bonds is 11. The van der Waals surface area contributed by atoms with Crippen LogP contribution < -0.4 is 0 Å². The summed E-state index contributed by atoms with van der Waals surface area (Å²) in [5, 5.41) is 10.1. The van der Waals surface area contributed by atoms with Crippen LogP contribution in [0.1, 0.15) is 19.8 Å². The highest BCUT2D eigenvalue weighted by atomic mass is 32.2. The molecule has 0 aromatic heterocycles. The lowest BCUT2D eigenvalue weighted by molar-refractivity contribution is -0.170. The minimum Gasteiger partial charge on any atom is -0.462 e. The Morgan fingerprint density at radius 3 is 2.04 bits per heavy atom. The van der Waals surface area contributed by atoms with E-state index in [-0.39, 0.29) is 25.2 Å². The molecule has 7 nitrogen and oxygen atoms in total. The van der Waals surface area contributed by atoms with Crippen LogP contribution in [0.5, 0.6) is 0 Å². The van der Waals surface area contributed by atoms with E-state index in [2.05, 4.69) is 50.5 Å². The molecule has 0 aromatic carbocycles. The van der Waals surface area contributed by atoms with E-state index in [1.807, 2.05) is 0 Å². The minimum absolute atomic E-state index is 0.0159. The number of esters is 3. The van der Waals surface area contributed by atoms with Crippen molar-refractivity contribution >= 4 is 68.4 Å². The normalized spacial score (nSPS) is 13.8. The van der Waals surface area contributed by atoms with Gasteiger partial charge in [0.1, 0.15) is 19.3 Å². The molecule has 0 heterocycles. The smallest absolute Gasteiger partial charge is 0.331 e. The van der Waals surface area contributed by atoms with Gasteiger partial charge >= 0.3 is 17.9 Å². The highest BCUT2D eigenvalue weighted by Gasteiger charge is 2.30. The molecule has 0 saturated heterocycles. The molecule has 0 fully saturated rings. The Morgan fingerprint density at radius 2 is 1.54 bits per heavy atom. The number of hydrogen-bond donors (Lipinski definition) is 5. The highest BCUT2D eigenvalue weighted by Crippen LogP contribution is 2.20. The summed E-state index contributed by atoms with van der Waals surface area (Å²) in [6, 6.07) is 0. The van der Waals surface area contributed by atoms with Gasteiger partial charge in [-0.3, -0.25) is 9.59 Å². The fourth-order valence-corrected chi connectivity index (χ4v) is 1.78. The first-order chi connectivity index (χ1) is 11.1. The van der Waals surface area contributed by atoms with E-state index in [9.17, 15) is 19.5 Å². The van der Waals surface area contributed by atoms with Crippen molar-refractivity contribution in [2.45, 2.75) is 36.1 Å². The molecular weight excluding hydrogens is 396 g/mol. The van der Waals surface area contributed by atoms with Crippen molar-refractivity contribution in [2.24, 2.45) is 0 Å². The Balaban J connectivity index is 4.67. The number of ether oxygens (including phenoxy) is 3.